The van der Waals surface area contributed by atoms with Gasteiger partial charge in [0.15, 0.2) is 11.5 Å². The molecule has 0 fully saturated rings. The molecule has 0 saturated heterocycles. The van der Waals surface area contributed by atoms with Crippen LogP contribution in [0.15, 0.2) is 42.5 Å². The number of para-hydroxylation sites is 2. The highest BCUT2D eigenvalue weighted by molar-refractivity contribution is 5.92. The number of benzene rings is 2. The maximum Gasteiger partial charge on any atom is 0.244 e. The highest BCUT2D eigenvalue weighted by Gasteiger charge is 2.14. The number of aromatic nitrogens is 2. The molecule has 0 aliphatic carbocycles. The van der Waals surface area contributed by atoms with E-state index in [1.54, 1.807) is 0 Å². The third kappa shape index (κ3) is 3.22. The smallest absolute Gasteiger partial charge is 0.244 e. The van der Waals surface area contributed by atoms with Gasteiger partial charge in [0.05, 0.1) is 24.2 Å². The first-order chi connectivity index (χ1) is 12.7. The van der Waals surface area contributed by atoms with Crippen molar-refractivity contribution in [1.29, 1.82) is 0 Å². The number of amides is 1. The molecule has 2 aromatic carbocycles. The van der Waals surface area contributed by atoms with E-state index < -0.39 is 0 Å². The monoisotopic (exact) mass is 351 g/mol. The van der Waals surface area contributed by atoms with E-state index in [0.29, 0.717) is 24.7 Å². The standard InChI is InChI=1S/C20H21N3O3/c1-2-19-22-15-6-3-4-7-16(15)23(19)13-20(24)21-14-8-9-17-18(12-14)26-11-5-10-25-17/h3-4,6-9,12H,2,5,10-11,13H2,1H3,(H,21,24). The minimum atomic E-state index is -0.0997. The number of carbonyl (C=O) groups is 1. The Kier molecular flexibility index (Phi) is 4.48. The number of ether oxygens (including phenoxy) is 2. The summed E-state index contributed by atoms with van der Waals surface area (Å²) in [5.41, 5.74) is 2.58. The summed E-state index contributed by atoms with van der Waals surface area (Å²) in [6, 6.07) is 13.3. The van der Waals surface area contributed by atoms with Crippen LogP contribution >= 0.6 is 0 Å². The van der Waals surface area contributed by atoms with E-state index >= 15 is 0 Å². The number of fused-ring (bicyclic) bond motifs is 2. The Morgan fingerprint density at radius 1 is 1.15 bits per heavy atom. The Balaban J connectivity index is 1.54. The number of imidazole rings is 1. The molecule has 0 saturated carbocycles. The molecule has 6 nitrogen and oxygen atoms in total. The molecule has 0 radical (unpaired) electrons. The molecular weight excluding hydrogens is 330 g/mol. The van der Waals surface area contributed by atoms with Crippen LogP contribution in [0.3, 0.4) is 0 Å². The van der Waals surface area contributed by atoms with Crippen molar-refractivity contribution >= 4 is 22.6 Å². The predicted molar refractivity (Wildman–Crippen MR) is 99.8 cm³/mol. The maximum absolute atomic E-state index is 12.6. The van der Waals surface area contributed by atoms with Gasteiger partial charge < -0.3 is 19.4 Å². The molecule has 1 amide bonds. The number of hydrogen-bond donors (Lipinski definition) is 1. The number of nitrogens with one attached hydrogen (secondary N) is 1. The molecule has 2 heterocycles. The van der Waals surface area contributed by atoms with Gasteiger partial charge in [-0.1, -0.05) is 19.1 Å². The first-order valence-corrected chi connectivity index (χ1v) is 8.88. The van der Waals surface area contributed by atoms with E-state index in [2.05, 4.69) is 10.3 Å². The number of rotatable bonds is 4. The molecule has 0 atom stereocenters. The van der Waals surface area contributed by atoms with Crippen molar-refractivity contribution < 1.29 is 14.3 Å². The second-order valence-electron chi connectivity index (χ2n) is 6.22. The van der Waals surface area contributed by atoms with Gasteiger partial charge in [0.2, 0.25) is 5.91 Å². The van der Waals surface area contributed by atoms with E-state index in [1.807, 2.05) is 54.0 Å². The van der Waals surface area contributed by atoms with Crippen LogP contribution in [-0.2, 0) is 17.8 Å². The molecule has 1 N–H and O–H groups in total. The third-order valence-corrected chi connectivity index (χ3v) is 4.38. The predicted octanol–water partition coefficient (Wildman–Crippen LogP) is 3.40. The summed E-state index contributed by atoms with van der Waals surface area (Å²) in [7, 11) is 0. The molecule has 0 spiro atoms. The molecule has 6 heteroatoms. The molecule has 134 valence electrons. The van der Waals surface area contributed by atoms with Crippen LogP contribution in [0.2, 0.25) is 0 Å². The second-order valence-corrected chi connectivity index (χ2v) is 6.22. The van der Waals surface area contributed by atoms with Gasteiger partial charge in [0.25, 0.3) is 0 Å². The van der Waals surface area contributed by atoms with Gasteiger partial charge in [-0.3, -0.25) is 4.79 Å². The van der Waals surface area contributed by atoms with Crippen molar-refractivity contribution in [3.63, 3.8) is 0 Å². The molecule has 1 aliphatic rings. The first kappa shape index (κ1) is 16.4. The van der Waals surface area contributed by atoms with Crippen molar-refractivity contribution in [2.75, 3.05) is 18.5 Å². The summed E-state index contributed by atoms with van der Waals surface area (Å²) >= 11 is 0. The van der Waals surface area contributed by atoms with Crippen LogP contribution in [0, 0.1) is 0 Å². The van der Waals surface area contributed by atoms with Gasteiger partial charge in [-0.15, -0.1) is 0 Å². The maximum atomic E-state index is 12.6. The number of hydrogen-bond acceptors (Lipinski definition) is 4. The van der Waals surface area contributed by atoms with Gasteiger partial charge in [-0.05, 0) is 24.3 Å². The summed E-state index contributed by atoms with van der Waals surface area (Å²) < 4.78 is 13.3. The number of carbonyl (C=O) groups excluding carboxylic acids is 1. The van der Waals surface area contributed by atoms with Crippen LogP contribution in [-0.4, -0.2) is 28.7 Å². The van der Waals surface area contributed by atoms with E-state index in [0.717, 1.165) is 35.4 Å². The molecule has 0 unspecified atom stereocenters. The summed E-state index contributed by atoms with van der Waals surface area (Å²) in [5.74, 6) is 2.19. The van der Waals surface area contributed by atoms with Gasteiger partial charge in [-0.2, -0.15) is 0 Å². The van der Waals surface area contributed by atoms with Gasteiger partial charge >= 0.3 is 0 Å². The number of aryl methyl sites for hydroxylation is 1. The Morgan fingerprint density at radius 3 is 2.81 bits per heavy atom. The van der Waals surface area contributed by atoms with E-state index in [1.165, 1.54) is 0 Å². The number of nitrogens with zero attached hydrogens (tertiary/aromatic N) is 2. The second kappa shape index (κ2) is 7.07. The van der Waals surface area contributed by atoms with Crippen LogP contribution in [0.25, 0.3) is 11.0 Å². The van der Waals surface area contributed by atoms with E-state index in [9.17, 15) is 4.79 Å². The van der Waals surface area contributed by atoms with Crippen molar-refractivity contribution in [2.24, 2.45) is 0 Å². The van der Waals surface area contributed by atoms with Gasteiger partial charge in [-0.25, -0.2) is 4.98 Å². The first-order valence-electron chi connectivity index (χ1n) is 8.88. The Morgan fingerprint density at radius 2 is 1.96 bits per heavy atom. The third-order valence-electron chi connectivity index (χ3n) is 4.38. The number of anilines is 1. The molecular formula is C20H21N3O3. The largest absolute Gasteiger partial charge is 0.490 e. The Labute approximate surface area is 151 Å². The minimum Gasteiger partial charge on any atom is -0.490 e. The lowest BCUT2D eigenvalue weighted by Crippen LogP contribution is -2.20. The molecule has 4 rings (SSSR count). The molecule has 1 aliphatic heterocycles. The Hall–Kier alpha value is -3.02. The molecule has 3 aromatic rings. The van der Waals surface area contributed by atoms with Crippen LogP contribution in [0.5, 0.6) is 11.5 Å². The highest BCUT2D eigenvalue weighted by Crippen LogP contribution is 2.32. The summed E-state index contributed by atoms with van der Waals surface area (Å²) in [6.45, 7) is 3.52. The van der Waals surface area contributed by atoms with Crippen molar-refractivity contribution in [2.45, 2.75) is 26.3 Å². The summed E-state index contributed by atoms with van der Waals surface area (Å²) in [6.07, 6.45) is 1.62. The summed E-state index contributed by atoms with van der Waals surface area (Å²) in [5, 5.41) is 2.94. The Bertz CT molecular complexity index is 949. The minimum absolute atomic E-state index is 0.0997. The topological polar surface area (TPSA) is 65.4 Å². The van der Waals surface area contributed by atoms with Crippen LogP contribution in [0.4, 0.5) is 5.69 Å². The lowest BCUT2D eigenvalue weighted by Gasteiger charge is -2.12. The fourth-order valence-electron chi connectivity index (χ4n) is 3.16. The lowest BCUT2D eigenvalue weighted by atomic mass is 10.2. The molecule has 1 aromatic heterocycles. The average Bonchev–Trinajstić information content (AvgIpc) is 2.83. The molecule has 0 bridgehead atoms. The van der Waals surface area contributed by atoms with Crippen LogP contribution in [0.1, 0.15) is 19.2 Å². The molecule has 26 heavy (non-hydrogen) atoms. The van der Waals surface area contributed by atoms with Gasteiger partial charge in [0, 0.05) is 24.6 Å². The quantitative estimate of drug-likeness (QED) is 0.782. The van der Waals surface area contributed by atoms with Crippen molar-refractivity contribution in [3.05, 3.63) is 48.3 Å². The zero-order valence-corrected chi connectivity index (χ0v) is 14.7. The highest BCUT2D eigenvalue weighted by atomic mass is 16.5. The fraction of sp³-hybridized carbons (Fsp3) is 0.300. The van der Waals surface area contributed by atoms with Crippen LogP contribution < -0.4 is 14.8 Å². The zero-order chi connectivity index (χ0) is 17.9. The zero-order valence-electron chi connectivity index (χ0n) is 14.7. The van der Waals surface area contributed by atoms with Gasteiger partial charge in [0.1, 0.15) is 12.4 Å². The van der Waals surface area contributed by atoms with Crippen molar-refractivity contribution in [3.8, 4) is 11.5 Å². The average molecular weight is 351 g/mol. The lowest BCUT2D eigenvalue weighted by molar-refractivity contribution is -0.116. The fourth-order valence-corrected chi connectivity index (χ4v) is 3.16. The van der Waals surface area contributed by atoms with E-state index in [-0.39, 0.29) is 12.5 Å². The van der Waals surface area contributed by atoms with Crippen molar-refractivity contribution in [1.82, 2.24) is 9.55 Å². The van der Waals surface area contributed by atoms with E-state index in [4.69, 9.17) is 9.47 Å². The SMILES string of the molecule is CCc1nc2ccccc2n1CC(=O)Nc1ccc2c(c1)OCCCO2. The normalized spacial score (nSPS) is 13.4. The summed E-state index contributed by atoms with van der Waals surface area (Å²) in [4.78, 5) is 17.2.